The zero-order valence-electron chi connectivity index (χ0n) is 14.3. The molecule has 0 spiro atoms. The highest BCUT2D eigenvalue weighted by Gasteiger charge is 2.32. The normalized spacial score (nSPS) is 17.0. The van der Waals surface area contributed by atoms with Gasteiger partial charge in [0.2, 0.25) is 10.0 Å². The number of hydrogen-bond acceptors (Lipinski definition) is 7. The molecular weight excluding hydrogens is 376 g/mol. The fourth-order valence-electron chi connectivity index (χ4n) is 3.03. The lowest BCUT2D eigenvalue weighted by Gasteiger charge is -2.31. The number of pyridine rings is 1. The summed E-state index contributed by atoms with van der Waals surface area (Å²) in [5.74, 6) is -0.577. The highest BCUT2D eigenvalue weighted by Crippen LogP contribution is 2.32. The molecule has 0 aliphatic carbocycles. The highest BCUT2D eigenvalue weighted by atomic mass is 32.2. The number of aromatic nitrogens is 1. The van der Waals surface area contributed by atoms with E-state index in [1.165, 1.54) is 13.2 Å². The Labute approximate surface area is 156 Å². The van der Waals surface area contributed by atoms with E-state index in [1.54, 1.807) is 23.8 Å². The van der Waals surface area contributed by atoms with E-state index in [0.717, 1.165) is 29.7 Å². The number of ether oxygens (including phenoxy) is 2. The molecule has 1 N–H and O–H groups in total. The molecule has 2 aromatic heterocycles. The van der Waals surface area contributed by atoms with Gasteiger partial charge in [0, 0.05) is 25.6 Å². The minimum Gasteiger partial charge on any atom is -0.465 e. The molecule has 1 aliphatic heterocycles. The average molecular weight is 396 g/mol. The van der Waals surface area contributed by atoms with Crippen LogP contribution in [0.3, 0.4) is 0 Å². The predicted molar refractivity (Wildman–Crippen MR) is 96.5 cm³/mol. The summed E-state index contributed by atoms with van der Waals surface area (Å²) in [5, 5.41) is 1.56. The summed E-state index contributed by atoms with van der Waals surface area (Å²) in [6.07, 6.45) is 4.80. The SMILES string of the molecule is COC(=O)c1sccc1S(=O)(=O)N[C@@H](c1cccnc1)C1CCOCC1. The van der Waals surface area contributed by atoms with Crippen molar-refractivity contribution in [3.8, 4) is 0 Å². The van der Waals surface area contributed by atoms with Crippen molar-refractivity contribution in [2.24, 2.45) is 5.92 Å². The van der Waals surface area contributed by atoms with Crippen LogP contribution in [0, 0.1) is 5.92 Å². The molecule has 1 aliphatic rings. The monoisotopic (exact) mass is 396 g/mol. The highest BCUT2D eigenvalue weighted by molar-refractivity contribution is 7.89. The van der Waals surface area contributed by atoms with Gasteiger partial charge in [0.15, 0.2) is 0 Å². The van der Waals surface area contributed by atoms with Crippen molar-refractivity contribution in [3.63, 3.8) is 0 Å². The summed E-state index contributed by atoms with van der Waals surface area (Å²) in [4.78, 5) is 16.0. The van der Waals surface area contributed by atoms with Gasteiger partial charge in [-0.3, -0.25) is 4.98 Å². The third kappa shape index (κ3) is 4.12. The number of nitrogens with one attached hydrogen (secondary N) is 1. The second kappa shape index (κ2) is 8.26. The second-order valence-electron chi connectivity index (χ2n) is 5.94. The Kier molecular flexibility index (Phi) is 6.02. The van der Waals surface area contributed by atoms with E-state index < -0.39 is 22.0 Å². The van der Waals surface area contributed by atoms with E-state index in [4.69, 9.17) is 4.74 Å². The molecule has 2 aromatic rings. The molecule has 0 amide bonds. The van der Waals surface area contributed by atoms with E-state index in [2.05, 4.69) is 14.4 Å². The predicted octanol–water partition coefficient (Wildman–Crippen LogP) is 2.38. The summed E-state index contributed by atoms with van der Waals surface area (Å²) in [6.45, 7) is 1.18. The van der Waals surface area contributed by atoms with Crippen LogP contribution in [0.15, 0.2) is 40.9 Å². The van der Waals surface area contributed by atoms with Gasteiger partial charge in [0.25, 0.3) is 0 Å². The van der Waals surface area contributed by atoms with Gasteiger partial charge >= 0.3 is 5.97 Å². The number of carbonyl (C=O) groups is 1. The Morgan fingerprint density at radius 1 is 1.38 bits per heavy atom. The topological polar surface area (TPSA) is 94.6 Å². The first-order valence-corrected chi connectivity index (χ1v) is 10.5. The average Bonchev–Trinajstić information content (AvgIpc) is 3.18. The zero-order valence-corrected chi connectivity index (χ0v) is 15.9. The van der Waals surface area contributed by atoms with E-state index in [1.807, 2.05) is 6.07 Å². The van der Waals surface area contributed by atoms with Crippen molar-refractivity contribution in [1.29, 1.82) is 0 Å². The van der Waals surface area contributed by atoms with Crippen LogP contribution in [0.1, 0.15) is 34.1 Å². The number of methoxy groups -OCH3 is 1. The molecule has 140 valence electrons. The van der Waals surface area contributed by atoms with Crippen molar-refractivity contribution in [2.75, 3.05) is 20.3 Å². The number of thiophene rings is 1. The summed E-state index contributed by atoms with van der Waals surface area (Å²) in [6, 6.07) is 4.61. The maximum atomic E-state index is 13.0. The molecule has 1 saturated heterocycles. The number of rotatable bonds is 6. The van der Waals surface area contributed by atoms with Crippen LogP contribution in [0.25, 0.3) is 0 Å². The van der Waals surface area contributed by atoms with Gasteiger partial charge in [-0.05, 0) is 41.8 Å². The molecule has 1 fully saturated rings. The number of nitrogens with zero attached hydrogens (tertiary/aromatic N) is 1. The zero-order chi connectivity index (χ0) is 18.6. The lowest BCUT2D eigenvalue weighted by molar-refractivity contribution is 0.0564. The molecule has 26 heavy (non-hydrogen) atoms. The van der Waals surface area contributed by atoms with E-state index >= 15 is 0 Å². The third-order valence-corrected chi connectivity index (χ3v) is 6.86. The van der Waals surface area contributed by atoms with Crippen molar-refractivity contribution >= 4 is 27.3 Å². The fraction of sp³-hybridized carbons (Fsp3) is 0.412. The number of carbonyl (C=O) groups excluding carboxylic acids is 1. The Morgan fingerprint density at radius 2 is 2.15 bits per heavy atom. The quantitative estimate of drug-likeness (QED) is 0.754. The lowest BCUT2D eigenvalue weighted by Crippen LogP contribution is -2.36. The van der Waals surface area contributed by atoms with E-state index in [-0.39, 0.29) is 15.7 Å². The van der Waals surface area contributed by atoms with E-state index in [0.29, 0.717) is 13.2 Å². The molecule has 0 saturated carbocycles. The molecule has 0 unspecified atom stereocenters. The molecule has 1 atom stereocenters. The van der Waals surface area contributed by atoms with Crippen LogP contribution >= 0.6 is 11.3 Å². The summed E-state index contributed by atoms with van der Waals surface area (Å²) in [7, 11) is -2.68. The smallest absolute Gasteiger partial charge is 0.349 e. The maximum absolute atomic E-state index is 13.0. The lowest BCUT2D eigenvalue weighted by atomic mass is 9.88. The van der Waals surface area contributed by atoms with Gasteiger partial charge in [0.05, 0.1) is 13.2 Å². The van der Waals surface area contributed by atoms with Gasteiger partial charge in [-0.25, -0.2) is 17.9 Å². The van der Waals surface area contributed by atoms with Crippen LogP contribution in [0.2, 0.25) is 0 Å². The van der Waals surface area contributed by atoms with Crippen LogP contribution in [0.5, 0.6) is 0 Å². The van der Waals surface area contributed by atoms with E-state index in [9.17, 15) is 13.2 Å². The van der Waals surface area contributed by atoms with Crippen molar-refractivity contribution < 1.29 is 22.7 Å². The van der Waals surface area contributed by atoms with Gasteiger partial charge in [-0.15, -0.1) is 11.3 Å². The molecule has 3 rings (SSSR count). The molecule has 0 aromatic carbocycles. The number of hydrogen-bond donors (Lipinski definition) is 1. The first-order chi connectivity index (χ1) is 12.5. The molecule has 3 heterocycles. The van der Waals surface area contributed by atoms with Crippen LogP contribution in [-0.4, -0.2) is 39.7 Å². The van der Waals surface area contributed by atoms with Crippen molar-refractivity contribution in [2.45, 2.75) is 23.8 Å². The van der Waals surface area contributed by atoms with Crippen molar-refractivity contribution in [3.05, 3.63) is 46.4 Å². The first-order valence-electron chi connectivity index (χ1n) is 8.18. The van der Waals surface area contributed by atoms with Crippen LogP contribution in [-0.2, 0) is 19.5 Å². The molecule has 0 bridgehead atoms. The van der Waals surface area contributed by atoms with Crippen LogP contribution < -0.4 is 4.72 Å². The van der Waals surface area contributed by atoms with Gasteiger partial charge in [0.1, 0.15) is 9.77 Å². The first kappa shape index (κ1) is 19.0. The Balaban J connectivity index is 1.93. The number of sulfonamides is 1. The minimum atomic E-state index is -3.91. The summed E-state index contributed by atoms with van der Waals surface area (Å²) < 4.78 is 38.9. The number of esters is 1. The minimum absolute atomic E-state index is 0.0599. The Morgan fingerprint density at radius 3 is 2.81 bits per heavy atom. The van der Waals surface area contributed by atoms with Gasteiger partial charge < -0.3 is 9.47 Å². The van der Waals surface area contributed by atoms with Gasteiger partial charge in [-0.1, -0.05) is 6.07 Å². The molecule has 9 heteroatoms. The maximum Gasteiger partial charge on any atom is 0.349 e. The van der Waals surface area contributed by atoms with Crippen molar-refractivity contribution in [1.82, 2.24) is 9.71 Å². The second-order valence-corrected chi connectivity index (χ2v) is 8.54. The Hall–Kier alpha value is -1.81. The fourth-order valence-corrected chi connectivity index (χ4v) is 5.65. The van der Waals surface area contributed by atoms with Gasteiger partial charge in [-0.2, -0.15) is 0 Å². The molecule has 0 radical (unpaired) electrons. The van der Waals surface area contributed by atoms with Crippen LogP contribution in [0.4, 0.5) is 0 Å². The molecular formula is C17H20N2O5S2. The standard InChI is InChI=1S/C17H20N2O5S2/c1-23-17(20)16-14(6-10-25-16)26(21,22)19-15(12-4-8-24-9-5-12)13-3-2-7-18-11-13/h2-3,6-7,10-12,15,19H,4-5,8-9H2,1H3/t15-/m1/s1. The Bertz CT molecular complexity index is 845. The summed E-state index contributed by atoms with van der Waals surface area (Å²) in [5.41, 5.74) is 0.790. The third-order valence-electron chi connectivity index (χ3n) is 4.35. The summed E-state index contributed by atoms with van der Waals surface area (Å²) >= 11 is 1.04. The largest absolute Gasteiger partial charge is 0.465 e. The molecule has 7 nitrogen and oxygen atoms in total.